The minimum atomic E-state index is -0.460. The fraction of sp³-hybridized carbons (Fsp3) is 0.308. The molecule has 1 aromatic carbocycles. The van der Waals surface area contributed by atoms with Gasteiger partial charge < -0.3 is 14.2 Å². The van der Waals surface area contributed by atoms with Gasteiger partial charge in [0.15, 0.2) is 5.76 Å². The summed E-state index contributed by atoms with van der Waals surface area (Å²) in [5, 5.41) is 15.3. The number of para-hydroxylation sites is 1. The molecule has 0 atom stereocenters. The molecular formula is C26H25N3O5S. The molecule has 2 amide bonds. The number of hydrogen-bond donors (Lipinski definition) is 0. The molecule has 8 nitrogen and oxygen atoms in total. The molecule has 2 saturated heterocycles. The molecule has 0 unspecified atom stereocenters. The van der Waals surface area contributed by atoms with E-state index in [9.17, 15) is 19.7 Å². The summed E-state index contributed by atoms with van der Waals surface area (Å²) >= 11 is 1.60. The molecule has 0 bridgehead atoms. The second-order valence-electron chi connectivity index (χ2n) is 9.13. The van der Waals surface area contributed by atoms with E-state index in [-0.39, 0.29) is 28.7 Å². The molecule has 0 aliphatic carbocycles. The van der Waals surface area contributed by atoms with Crippen molar-refractivity contribution in [2.24, 2.45) is 5.41 Å². The molecule has 2 aliphatic rings. The maximum Gasteiger partial charge on any atom is 0.289 e. The summed E-state index contributed by atoms with van der Waals surface area (Å²) < 4.78 is 5.76. The molecule has 0 saturated carbocycles. The minimum absolute atomic E-state index is 0.0111. The van der Waals surface area contributed by atoms with Crippen molar-refractivity contribution in [2.75, 3.05) is 26.2 Å². The molecule has 5 rings (SSSR count). The number of nitro benzene ring substituents is 1. The highest BCUT2D eigenvalue weighted by Crippen LogP contribution is 2.41. The van der Waals surface area contributed by atoms with E-state index in [0.717, 1.165) is 24.8 Å². The molecule has 2 aromatic heterocycles. The summed E-state index contributed by atoms with van der Waals surface area (Å²) in [6.45, 7) is 2.61. The molecule has 0 N–H and O–H groups in total. The van der Waals surface area contributed by atoms with Crippen LogP contribution in [0.5, 0.6) is 0 Å². The number of nitrogens with zero attached hydrogens (tertiary/aromatic N) is 3. The molecule has 35 heavy (non-hydrogen) atoms. The number of benzene rings is 1. The first-order valence-electron chi connectivity index (χ1n) is 11.6. The van der Waals surface area contributed by atoms with Gasteiger partial charge in [-0.1, -0.05) is 12.1 Å². The van der Waals surface area contributed by atoms with Crippen molar-refractivity contribution in [3.05, 3.63) is 80.7 Å². The monoisotopic (exact) mass is 491 g/mol. The van der Waals surface area contributed by atoms with Gasteiger partial charge in [-0.3, -0.25) is 19.7 Å². The maximum atomic E-state index is 13.1. The van der Waals surface area contributed by atoms with Crippen LogP contribution in [0.4, 0.5) is 5.69 Å². The van der Waals surface area contributed by atoms with E-state index in [0.29, 0.717) is 37.5 Å². The molecule has 0 radical (unpaired) electrons. The highest BCUT2D eigenvalue weighted by molar-refractivity contribution is 7.08. The van der Waals surface area contributed by atoms with Crippen LogP contribution in [0.1, 0.15) is 35.4 Å². The number of piperidine rings is 1. The third kappa shape index (κ3) is 4.77. The average Bonchev–Trinajstić information content (AvgIpc) is 3.64. The first-order valence-corrected chi connectivity index (χ1v) is 12.5. The summed E-state index contributed by atoms with van der Waals surface area (Å²) in [5.74, 6) is 0.303. The van der Waals surface area contributed by atoms with Crippen LogP contribution in [-0.2, 0) is 4.79 Å². The molecule has 2 aliphatic heterocycles. The first-order chi connectivity index (χ1) is 16.9. The van der Waals surface area contributed by atoms with Gasteiger partial charge in [-0.25, -0.2) is 0 Å². The molecular weight excluding hydrogens is 466 g/mol. The Hall–Kier alpha value is -3.72. The van der Waals surface area contributed by atoms with Gasteiger partial charge in [0.05, 0.1) is 10.5 Å². The third-order valence-electron chi connectivity index (χ3n) is 7.01. The zero-order valence-electron chi connectivity index (χ0n) is 19.1. The lowest BCUT2D eigenvalue weighted by Crippen LogP contribution is -2.44. The standard InChI is InChI=1S/C26H25N3O5S/c30-24(8-5-19-9-16-35-17-19)27-13-10-26(11-14-27)12-15-28(18-26)25(31)23-7-6-22(34-23)20-3-1-2-4-21(20)29(32)33/h1-9,16-17H,10-15,18H2. The van der Waals surface area contributed by atoms with Gasteiger partial charge in [0, 0.05) is 38.3 Å². The molecule has 9 heteroatoms. The number of amides is 2. The lowest BCUT2D eigenvalue weighted by molar-refractivity contribution is -0.384. The van der Waals surface area contributed by atoms with Crippen molar-refractivity contribution in [1.29, 1.82) is 0 Å². The van der Waals surface area contributed by atoms with Crippen LogP contribution in [0.2, 0.25) is 0 Å². The molecule has 3 aromatic rings. The highest BCUT2D eigenvalue weighted by Gasteiger charge is 2.43. The SMILES string of the molecule is O=C(C=Cc1ccsc1)N1CCC2(CC1)CCN(C(=O)c1ccc(-c3ccccc3[N+](=O)[O-])o1)C2. The Morgan fingerprint density at radius 3 is 2.49 bits per heavy atom. The summed E-state index contributed by atoms with van der Waals surface area (Å²) in [5.41, 5.74) is 1.33. The van der Waals surface area contributed by atoms with Gasteiger partial charge in [0.1, 0.15) is 5.76 Å². The molecule has 1 spiro atoms. The van der Waals surface area contributed by atoms with E-state index in [1.165, 1.54) is 6.07 Å². The zero-order valence-corrected chi connectivity index (χ0v) is 19.9. The summed E-state index contributed by atoms with van der Waals surface area (Å²) in [4.78, 5) is 40.2. The largest absolute Gasteiger partial charge is 0.451 e. The second kappa shape index (κ2) is 9.50. The van der Waals surface area contributed by atoms with Crippen LogP contribution in [0.15, 0.2) is 63.7 Å². The normalized spacial score (nSPS) is 17.4. The molecule has 2 fully saturated rings. The number of thiophene rings is 1. The Bertz CT molecular complexity index is 1270. The van der Waals surface area contributed by atoms with E-state index >= 15 is 0 Å². The summed E-state index contributed by atoms with van der Waals surface area (Å²) in [6.07, 6.45) is 6.09. The van der Waals surface area contributed by atoms with Crippen molar-refractivity contribution >= 4 is 34.9 Å². The Morgan fingerprint density at radius 2 is 1.77 bits per heavy atom. The maximum absolute atomic E-state index is 13.1. The lowest BCUT2D eigenvalue weighted by Gasteiger charge is -2.38. The Balaban J connectivity index is 1.20. The van der Waals surface area contributed by atoms with Gasteiger partial charge in [-0.2, -0.15) is 11.3 Å². The number of nitro groups is 1. The van der Waals surface area contributed by atoms with Gasteiger partial charge in [-0.05, 0) is 71.3 Å². The van der Waals surface area contributed by atoms with E-state index in [1.54, 1.807) is 52.6 Å². The Kier molecular flexibility index (Phi) is 6.25. The first kappa shape index (κ1) is 23.0. The number of likely N-dealkylation sites (tertiary alicyclic amines) is 2. The lowest BCUT2D eigenvalue weighted by atomic mass is 9.78. The van der Waals surface area contributed by atoms with Crippen LogP contribution in [0.3, 0.4) is 0 Å². The Labute approximate surface area is 206 Å². The third-order valence-corrected chi connectivity index (χ3v) is 7.71. The number of furan rings is 1. The molecule has 180 valence electrons. The van der Waals surface area contributed by atoms with Crippen molar-refractivity contribution in [1.82, 2.24) is 9.80 Å². The number of carbonyl (C=O) groups is 2. The van der Waals surface area contributed by atoms with Crippen LogP contribution in [0.25, 0.3) is 17.4 Å². The van der Waals surface area contributed by atoms with E-state index in [1.807, 2.05) is 27.8 Å². The van der Waals surface area contributed by atoms with Gasteiger partial charge in [-0.15, -0.1) is 0 Å². The number of rotatable bonds is 5. The summed E-state index contributed by atoms with van der Waals surface area (Å²) in [6, 6.07) is 11.5. The minimum Gasteiger partial charge on any atom is -0.451 e. The fourth-order valence-corrected chi connectivity index (χ4v) is 5.58. The predicted octanol–water partition coefficient (Wildman–Crippen LogP) is 5.08. The number of hydrogen-bond acceptors (Lipinski definition) is 6. The van der Waals surface area contributed by atoms with Gasteiger partial charge in [0.2, 0.25) is 5.91 Å². The smallest absolute Gasteiger partial charge is 0.289 e. The van der Waals surface area contributed by atoms with Gasteiger partial charge in [0.25, 0.3) is 11.6 Å². The van der Waals surface area contributed by atoms with Crippen LogP contribution in [0, 0.1) is 15.5 Å². The van der Waals surface area contributed by atoms with Crippen LogP contribution >= 0.6 is 11.3 Å². The van der Waals surface area contributed by atoms with E-state index in [4.69, 9.17) is 4.42 Å². The van der Waals surface area contributed by atoms with Crippen molar-refractivity contribution in [3.63, 3.8) is 0 Å². The van der Waals surface area contributed by atoms with Crippen LogP contribution in [-0.4, -0.2) is 52.7 Å². The van der Waals surface area contributed by atoms with Crippen molar-refractivity contribution in [2.45, 2.75) is 19.3 Å². The van der Waals surface area contributed by atoms with Crippen LogP contribution < -0.4 is 0 Å². The topological polar surface area (TPSA) is 96.9 Å². The zero-order chi connectivity index (χ0) is 24.4. The summed E-state index contributed by atoms with van der Waals surface area (Å²) in [7, 11) is 0. The quantitative estimate of drug-likeness (QED) is 0.282. The Morgan fingerprint density at radius 1 is 1.03 bits per heavy atom. The average molecular weight is 492 g/mol. The molecule has 4 heterocycles. The van der Waals surface area contributed by atoms with Crippen molar-refractivity contribution < 1.29 is 18.9 Å². The van der Waals surface area contributed by atoms with Crippen molar-refractivity contribution in [3.8, 4) is 11.3 Å². The second-order valence-corrected chi connectivity index (χ2v) is 9.91. The number of carbonyl (C=O) groups excluding carboxylic acids is 2. The fourth-order valence-electron chi connectivity index (χ4n) is 4.96. The van der Waals surface area contributed by atoms with E-state index < -0.39 is 4.92 Å². The van der Waals surface area contributed by atoms with E-state index in [2.05, 4.69) is 0 Å². The predicted molar refractivity (Wildman–Crippen MR) is 133 cm³/mol. The van der Waals surface area contributed by atoms with Gasteiger partial charge >= 0.3 is 0 Å². The highest BCUT2D eigenvalue weighted by atomic mass is 32.1.